The molecule has 0 nitrogen and oxygen atoms in total. The SMILES string of the molecule is CCCC[Si](Cl)(CCC)c1ccccc1. The first-order chi connectivity index (χ1) is 7.23. The highest BCUT2D eigenvalue weighted by atomic mass is 35.6. The predicted octanol–water partition coefficient (Wildman–Crippen LogP) is 4.29. The lowest BCUT2D eigenvalue weighted by atomic mass is 10.4. The largest absolute Gasteiger partial charge is 0.186 e. The summed E-state index contributed by atoms with van der Waals surface area (Å²) in [5, 5.41) is 1.42. The molecule has 0 aromatic heterocycles. The van der Waals surface area contributed by atoms with Crippen LogP contribution in [0.15, 0.2) is 30.3 Å². The van der Waals surface area contributed by atoms with Gasteiger partial charge in [-0.1, -0.05) is 63.4 Å². The molecule has 0 aliphatic carbocycles. The molecule has 0 saturated heterocycles. The normalized spacial score (nSPS) is 14.9. The van der Waals surface area contributed by atoms with Crippen molar-refractivity contribution in [3.63, 3.8) is 0 Å². The summed E-state index contributed by atoms with van der Waals surface area (Å²) in [6.07, 6.45) is 3.72. The molecular formula is C13H21ClSi. The third-order valence-corrected chi connectivity index (χ3v) is 8.46. The van der Waals surface area contributed by atoms with E-state index in [4.69, 9.17) is 11.1 Å². The van der Waals surface area contributed by atoms with Gasteiger partial charge in [0.25, 0.3) is 0 Å². The van der Waals surface area contributed by atoms with Gasteiger partial charge in [-0.2, -0.15) is 11.1 Å². The fourth-order valence-electron chi connectivity index (χ4n) is 2.00. The van der Waals surface area contributed by atoms with E-state index >= 15 is 0 Å². The second kappa shape index (κ2) is 6.34. The van der Waals surface area contributed by atoms with Crippen LogP contribution in [-0.4, -0.2) is 7.38 Å². The molecule has 1 aromatic rings. The van der Waals surface area contributed by atoms with Gasteiger partial charge in [0.1, 0.15) is 0 Å². The van der Waals surface area contributed by atoms with Crippen molar-refractivity contribution in [3.05, 3.63) is 30.3 Å². The van der Waals surface area contributed by atoms with Crippen molar-refractivity contribution in [2.45, 2.75) is 45.2 Å². The molecule has 1 atom stereocenters. The van der Waals surface area contributed by atoms with Gasteiger partial charge in [0.05, 0.1) is 0 Å². The first-order valence-corrected chi connectivity index (χ1v) is 9.40. The van der Waals surface area contributed by atoms with E-state index in [0.29, 0.717) is 0 Å². The highest BCUT2D eigenvalue weighted by Gasteiger charge is 2.30. The number of hydrogen-bond acceptors (Lipinski definition) is 0. The molecule has 0 spiro atoms. The van der Waals surface area contributed by atoms with Gasteiger partial charge in [-0.25, -0.2) is 0 Å². The zero-order valence-corrected chi connectivity index (χ0v) is 11.6. The third kappa shape index (κ3) is 3.65. The minimum absolute atomic E-state index is 1.20. The van der Waals surface area contributed by atoms with E-state index in [-0.39, 0.29) is 0 Å². The lowest BCUT2D eigenvalue weighted by molar-refractivity contribution is 0.866. The van der Waals surface area contributed by atoms with Crippen molar-refractivity contribution in [2.75, 3.05) is 0 Å². The topological polar surface area (TPSA) is 0 Å². The Morgan fingerprint density at radius 2 is 1.67 bits per heavy atom. The van der Waals surface area contributed by atoms with Gasteiger partial charge in [0, 0.05) is 0 Å². The van der Waals surface area contributed by atoms with Crippen molar-refractivity contribution in [1.82, 2.24) is 0 Å². The fourth-order valence-corrected chi connectivity index (χ4v) is 6.67. The van der Waals surface area contributed by atoms with Crippen LogP contribution in [0.1, 0.15) is 33.1 Å². The molecule has 2 heteroatoms. The summed E-state index contributed by atoms with van der Waals surface area (Å²) in [6.45, 7) is 4.47. The summed E-state index contributed by atoms with van der Waals surface area (Å²) in [5.41, 5.74) is 0. The molecule has 1 unspecified atom stereocenters. The summed E-state index contributed by atoms with van der Waals surface area (Å²) in [7, 11) is -1.67. The maximum Gasteiger partial charge on any atom is 0.186 e. The van der Waals surface area contributed by atoms with E-state index in [1.54, 1.807) is 0 Å². The number of rotatable bonds is 6. The molecule has 0 saturated carbocycles. The fraction of sp³-hybridized carbons (Fsp3) is 0.538. The van der Waals surface area contributed by atoms with Crippen molar-refractivity contribution >= 4 is 23.6 Å². The van der Waals surface area contributed by atoms with Crippen LogP contribution in [0, 0.1) is 0 Å². The van der Waals surface area contributed by atoms with Gasteiger partial charge in [-0.05, 0) is 17.3 Å². The van der Waals surface area contributed by atoms with Crippen LogP contribution in [0.2, 0.25) is 12.1 Å². The average molecular weight is 241 g/mol. The van der Waals surface area contributed by atoms with E-state index in [1.807, 2.05) is 0 Å². The first-order valence-electron chi connectivity index (χ1n) is 5.97. The molecule has 84 valence electrons. The van der Waals surface area contributed by atoms with Crippen LogP contribution in [0.3, 0.4) is 0 Å². The monoisotopic (exact) mass is 240 g/mol. The summed E-state index contributed by atoms with van der Waals surface area (Å²) < 4.78 is 0. The van der Waals surface area contributed by atoms with Crippen LogP contribution in [0.4, 0.5) is 0 Å². The first kappa shape index (κ1) is 12.8. The second-order valence-corrected chi connectivity index (χ2v) is 9.86. The number of unbranched alkanes of at least 4 members (excludes halogenated alkanes) is 1. The van der Waals surface area contributed by atoms with E-state index in [1.165, 1.54) is 36.5 Å². The van der Waals surface area contributed by atoms with Crippen molar-refractivity contribution < 1.29 is 0 Å². The zero-order chi connectivity index (χ0) is 11.1. The Morgan fingerprint density at radius 3 is 2.20 bits per heavy atom. The van der Waals surface area contributed by atoms with E-state index in [0.717, 1.165) is 0 Å². The standard InChI is InChI=1S/C13H21ClSi/c1-3-5-12-15(14,11-4-2)13-9-7-6-8-10-13/h6-10H,3-5,11-12H2,1-2H3. The minimum Gasteiger partial charge on any atom is -0.161 e. The Balaban J connectivity index is 2.80. The third-order valence-electron chi connectivity index (χ3n) is 2.86. The number of hydrogen-bond donors (Lipinski definition) is 0. The van der Waals surface area contributed by atoms with E-state index < -0.39 is 7.38 Å². The maximum atomic E-state index is 6.88. The van der Waals surface area contributed by atoms with Gasteiger partial charge in [0.15, 0.2) is 7.38 Å². The van der Waals surface area contributed by atoms with Crippen LogP contribution in [-0.2, 0) is 0 Å². The molecular weight excluding hydrogens is 220 g/mol. The summed E-state index contributed by atoms with van der Waals surface area (Å²) >= 11 is 6.88. The molecule has 0 aliphatic heterocycles. The summed E-state index contributed by atoms with van der Waals surface area (Å²) in [6, 6.07) is 13.2. The Morgan fingerprint density at radius 1 is 1.00 bits per heavy atom. The molecule has 0 bridgehead atoms. The molecule has 1 aromatic carbocycles. The van der Waals surface area contributed by atoms with Gasteiger partial charge in [-0.15, -0.1) is 0 Å². The van der Waals surface area contributed by atoms with Gasteiger partial charge in [0.2, 0.25) is 0 Å². The lowest BCUT2D eigenvalue weighted by Crippen LogP contribution is -2.41. The maximum absolute atomic E-state index is 6.88. The number of halogens is 1. The average Bonchev–Trinajstić information content (AvgIpc) is 2.28. The minimum atomic E-state index is -1.67. The summed E-state index contributed by atoms with van der Waals surface area (Å²) in [5.74, 6) is 0. The van der Waals surface area contributed by atoms with Crippen LogP contribution >= 0.6 is 11.1 Å². The molecule has 1 rings (SSSR count). The Kier molecular flexibility index (Phi) is 5.41. The van der Waals surface area contributed by atoms with Crippen LogP contribution < -0.4 is 5.19 Å². The molecule has 15 heavy (non-hydrogen) atoms. The van der Waals surface area contributed by atoms with E-state index in [2.05, 4.69) is 44.2 Å². The lowest BCUT2D eigenvalue weighted by Gasteiger charge is -2.24. The highest BCUT2D eigenvalue weighted by molar-refractivity contribution is 7.27. The van der Waals surface area contributed by atoms with Crippen molar-refractivity contribution in [2.24, 2.45) is 0 Å². The molecule has 0 amide bonds. The van der Waals surface area contributed by atoms with E-state index in [9.17, 15) is 0 Å². The van der Waals surface area contributed by atoms with Gasteiger partial charge < -0.3 is 0 Å². The molecule has 0 N–H and O–H groups in total. The van der Waals surface area contributed by atoms with Gasteiger partial charge >= 0.3 is 0 Å². The molecule has 0 fully saturated rings. The smallest absolute Gasteiger partial charge is 0.161 e. The molecule has 0 radical (unpaired) electrons. The quantitative estimate of drug-likeness (QED) is 0.514. The Bertz CT molecular complexity index is 273. The Hall–Kier alpha value is -0.273. The predicted molar refractivity (Wildman–Crippen MR) is 72.5 cm³/mol. The summed E-state index contributed by atoms with van der Waals surface area (Å²) in [4.78, 5) is 0. The molecule has 0 heterocycles. The molecule has 0 aliphatic rings. The highest BCUT2D eigenvalue weighted by Crippen LogP contribution is 2.24. The number of benzene rings is 1. The Labute approximate surface area is 99.4 Å². The zero-order valence-electron chi connectivity index (χ0n) is 9.80. The van der Waals surface area contributed by atoms with Crippen molar-refractivity contribution in [3.8, 4) is 0 Å². The van der Waals surface area contributed by atoms with Crippen LogP contribution in [0.25, 0.3) is 0 Å². The van der Waals surface area contributed by atoms with Crippen LogP contribution in [0.5, 0.6) is 0 Å². The van der Waals surface area contributed by atoms with Crippen molar-refractivity contribution in [1.29, 1.82) is 0 Å². The second-order valence-electron chi connectivity index (χ2n) is 4.18. The van der Waals surface area contributed by atoms with Gasteiger partial charge in [-0.3, -0.25) is 0 Å².